The van der Waals surface area contributed by atoms with E-state index in [1.807, 2.05) is 0 Å². The number of unbranched alkanes of at least 4 members (excludes halogenated alkanes) is 2. The highest BCUT2D eigenvalue weighted by molar-refractivity contribution is 6.12. The minimum Gasteiger partial charge on any atom is -0.445 e. The van der Waals surface area contributed by atoms with Crippen molar-refractivity contribution in [2.24, 2.45) is 5.73 Å². The van der Waals surface area contributed by atoms with Gasteiger partial charge in [0.25, 0.3) is 11.8 Å². The zero-order valence-corrected chi connectivity index (χ0v) is 30.4. The number of hydrogen-bond acceptors (Lipinski definition) is 10. The first-order valence-corrected chi connectivity index (χ1v) is 17.6. The third kappa shape index (κ3) is 16.7. The Labute approximate surface area is 317 Å². The van der Waals surface area contributed by atoms with Crippen LogP contribution in [0.3, 0.4) is 0 Å². The minimum absolute atomic E-state index is 0.0316. The first kappa shape index (κ1) is 42.8. The number of hydrogen-bond donors (Lipinski definition) is 7. The van der Waals surface area contributed by atoms with Crippen molar-refractivity contribution in [1.82, 2.24) is 31.5 Å². The van der Waals surface area contributed by atoms with Crippen molar-refractivity contribution >= 4 is 59.0 Å². The number of benzene rings is 2. The molecule has 18 heteroatoms. The Morgan fingerprint density at radius 2 is 1.35 bits per heavy atom. The van der Waals surface area contributed by atoms with Crippen LogP contribution in [0.2, 0.25) is 0 Å². The number of amides is 9. The topological polar surface area (TPSA) is 264 Å². The molecule has 18 nitrogen and oxygen atoms in total. The van der Waals surface area contributed by atoms with Gasteiger partial charge in [0.1, 0.15) is 12.6 Å². The van der Waals surface area contributed by atoms with Crippen LogP contribution in [-0.4, -0.2) is 96.5 Å². The van der Waals surface area contributed by atoms with E-state index >= 15 is 0 Å². The number of nitrogens with two attached hydrogens (primary N) is 1. The highest BCUT2D eigenvalue weighted by Crippen LogP contribution is 2.11. The van der Waals surface area contributed by atoms with E-state index in [-0.39, 0.29) is 56.7 Å². The number of nitrogens with one attached hydrogen (secondary N) is 6. The number of carbonyl (C=O) groups is 9. The SMILES string of the molecule is C[C@@H](CC(N)=O)NC(=O)OCc1ccc(NC(=O)CNC(=O)[C@H](Cc2ccccc2)NC(=O)CNC(=O)CNC(=O)CCCCCN2C(=O)C=CC2=O)cc1. The highest BCUT2D eigenvalue weighted by Gasteiger charge is 2.23. The smallest absolute Gasteiger partial charge is 0.407 e. The van der Waals surface area contributed by atoms with Crippen molar-refractivity contribution in [3.05, 3.63) is 77.9 Å². The molecule has 0 aromatic heterocycles. The van der Waals surface area contributed by atoms with Crippen molar-refractivity contribution < 1.29 is 47.9 Å². The summed E-state index contributed by atoms with van der Waals surface area (Å²) in [5.41, 5.74) is 6.87. The van der Waals surface area contributed by atoms with Gasteiger partial charge in [0, 0.05) is 49.7 Å². The fourth-order valence-electron chi connectivity index (χ4n) is 5.12. The summed E-state index contributed by atoms with van der Waals surface area (Å²) in [6, 6.07) is 13.7. The fraction of sp³-hybridized carbons (Fsp3) is 0.378. The zero-order chi connectivity index (χ0) is 40.2. The van der Waals surface area contributed by atoms with Gasteiger partial charge in [0.15, 0.2) is 0 Å². The average molecular weight is 763 g/mol. The molecule has 8 N–H and O–H groups in total. The first-order chi connectivity index (χ1) is 26.3. The van der Waals surface area contributed by atoms with Gasteiger partial charge in [-0.2, -0.15) is 0 Å². The number of nitrogens with zero attached hydrogens (tertiary/aromatic N) is 1. The van der Waals surface area contributed by atoms with E-state index in [0.29, 0.717) is 30.5 Å². The predicted molar refractivity (Wildman–Crippen MR) is 197 cm³/mol. The Hall–Kier alpha value is -6.59. The van der Waals surface area contributed by atoms with E-state index in [0.717, 1.165) is 10.5 Å². The number of anilines is 1. The maximum Gasteiger partial charge on any atom is 0.407 e. The van der Waals surface area contributed by atoms with Crippen LogP contribution in [0.15, 0.2) is 66.7 Å². The molecule has 0 saturated carbocycles. The second-order valence-corrected chi connectivity index (χ2v) is 12.6. The van der Waals surface area contributed by atoms with Crippen LogP contribution in [0.4, 0.5) is 10.5 Å². The second kappa shape index (κ2) is 22.5. The summed E-state index contributed by atoms with van der Waals surface area (Å²) in [4.78, 5) is 110. The molecule has 294 valence electrons. The van der Waals surface area contributed by atoms with Gasteiger partial charge in [-0.3, -0.25) is 43.3 Å². The number of carbonyl (C=O) groups excluding carboxylic acids is 9. The van der Waals surface area contributed by atoms with Crippen LogP contribution >= 0.6 is 0 Å². The molecule has 2 atom stereocenters. The van der Waals surface area contributed by atoms with Gasteiger partial charge in [-0.05, 0) is 43.0 Å². The molecule has 2 aromatic rings. The quantitative estimate of drug-likeness (QED) is 0.0607. The van der Waals surface area contributed by atoms with Gasteiger partial charge in [0.2, 0.25) is 35.4 Å². The first-order valence-electron chi connectivity index (χ1n) is 17.6. The van der Waals surface area contributed by atoms with E-state index in [1.54, 1.807) is 61.5 Å². The lowest BCUT2D eigenvalue weighted by molar-refractivity contribution is -0.137. The Morgan fingerprint density at radius 3 is 2.02 bits per heavy atom. The van der Waals surface area contributed by atoms with E-state index in [9.17, 15) is 43.2 Å². The number of imide groups is 1. The maximum atomic E-state index is 13.1. The zero-order valence-electron chi connectivity index (χ0n) is 30.4. The summed E-state index contributed by atoms with van der Waals surface area (Å²) in [5, 5.41) is 15.1. The van der Waals surface area contributed by atoms with Crippen molar-refractivity contribution in [3.8, 4) is 0 Å². The van der Waals surface area contributed by atoms with E-state index in [2.05, 4.69) is 31.9 Å². The van der Waals surface area contributed by atoms with Crippen molar-refractivity contribution in [2.75, 3.05) is 31.5 Å². The maximum absolute atomic E-state index is 13.1. The summed E-state index contributed by atoms with van der Waals surface area (Å²) >= 11 is 0. The van der Waals surface area contributed by atoms with Crippen molar-refractivity contribution in [1.29, 1.82) is 0 Å². The molecule has 3 rings (SSSR count). The molecule has 0 bridgehead atoms. The molecule has 0 saturated heterocycles. The molecule has 1 aliphatic rings. The van der Waals surface area contributed by atoms with Gasteiger partial charge in [-0.1, -0.05) is 48.9 Å². The van der Waals surface area contributed by atoms with Crippen molar-refractivity contribution in [3.63, 3.8) is 0 Å². The fourth-order valence-corrected chi connectivity index (χ4v) is 5.12. The second-order valence-electron chi connectivity index (χ2n) is 12.6. The minimum atomic E-state index is -1.09. The molecule has 1 heterocycles. The summed E-state index contributed by atoms with van der Waals surface area (Å²) in [6.07, 6.45) is 3.52. The van der Waals surface area contributed by atoms with Gasteiger partial charge in [-0.15, -0.1) is 0 Å². The molecular weight excluding hydrogens is 716 g/mol. The third-order valence-corrected chi connectivity index (χ3v) is 7.92. The van der Waals surface area contributed by atoms with Crippen LogP contribution < -0.4 is 37.6 Å². The monoisotopic (exact) mass is 762 g/mol. The Morgan fingerprint density at radius 1 is 0.709 bits per heavy atom. The molecule has 0 spiro atoms. The van der Waals surface area contributed by atoms with E-state index in [1.165, 1.54) is 12.2 Å². The van der Waals surface area contributed by atoms with Gasteiger partial charge in [-0.25, -0.2) is 4.79 Å². The van der Waals surface area contributed by atoms with E-state index < -0.39 is 60.8 Å². The van der Waals surface area contributed by atoms with Crippen LogP contribution in [0.5, 0.6) is 0 Å². The van der Waals surface area contributed by atoms with Crippen LogP contribution in [0, 0.1) is 0 Å². The standard InChI is InChI=1S/C37H46N8O10/c1-24(18-29(38)46)42-37(54)55-23-26-11-13-27(14-12-26)43-32(49)22-41-36(53)28(19-25-8-4-2-5-9-25)44-33(50)21-40-31(48)20-39-30(47)10-6-3-7-17-45-34(51)15-16-35(45)52/h2,4-5,8-9,11-16,24,28H,3,6-7,10,17-23H2,1H3,(H2,38,46)(H,39,47)(H,40,48)(H,41,53)(H,42,54)(H,43,49)(H,44,50)/t24-,28-/m0/s1. The Kier molecular flexibility index (Phi) is 17.5. The lowest BCUT2D eigenvalue weighted by Crippen LogP contribution is -2.52. The number of alkyl carbamates (subject to hydrolysis) is 1. The molecular formula is C37H46N8O10. The van der Waals surface area contributed by atoms with Crippen molar-refractivity contribution in [2.45, 2.75) is 64.1 Å². The number of rotatable bonds is 22. The predicted octanol–water partition coefficient (Wildman–Crippen LogP) is -0.323. The van der Waals surface area contributed by atoms with E-state index in [4.69, 9.17) is 10.5 Å². The van der Waals surface area contributed by atoms with Crippen LogP contribution in [0.1, 0.15) is 50.2 Å². The average Bonchev–Trinajstić information content (AvgIpc) is 3.47. The third-order valence-electron chi connectivity index (χ3n) is 7.92. The van der Waals surface area contributed by atoms with Gasteiger partial charge in [0.05, 0.1) is 19.6 Å². The van der Waals surface area contributed by atoms with Gasteiger partial charge >= 0.3 is 6.09 Å². The summed E-state index contributed by atoms with van der Waals surface area (Å²) in [5.74, 6) is -4.14. The molecule has 55 heavy (non-hydrogen) atoms. The molecule has 0 radical (unpaired) electrons. The lowest BCUT2D eigenvalue weighted by Gasteiger charge is -2.19. The summed E-state index contributed by atoms with van der Waals surface area (Å²) < 4.78 is 5.12. The Balaban J connectivity index is 1.37. The number of ether oxygens (including phenoxy) is 1. The largest absolute Gasteiger partial charge is 0.445 e. The number of primary amides is 1. The van der Waals surface area contributed by atoms with Crippen LogP contribution in [0.25, 0.3) is 0 Å². The summed E-state index contributed by atoms with van der Waals surface area (Å²) in [6.45, 7) is 0.549. The highest BCUT2D eigenvalue weighted by atomic mass is 16.5. The normalized spacial score (nSPS) is 12.9. The van der Waals surface area contributed by atoms with Gasteiger partial charge < -0.3 is 42.4 Å². The molecule has 9 amide bonds. The lowest BCUT2D eigenvalue weighted by atomic mass is 10.1. The molecule has 0 fully saturated rings. The molecule has 0 aliphatic carbocycles. The van der Waals surface area contributed by atoms with Crippen LogP contribution in [-0.2, 0) is 56.1 Å². The Bertz CT molecular complexity index is 1710. The molecule has 1 aliphatic heterocycles. The summed E-state index contributed by atoms with van der Waals surface area (Å²) in [7, 11) is 0. The molecule has 2 aromatic carbocycles. The molecule has 0 unspecified atom stereocenters.